The second-order valence-corrected chi connectivity index (χ2v) is 4.73. The number of carbonyl (C=O) groups excluding carboxylic acids is 2. The van der Waals surface area contributed by atoms with E-state index in [0.717, 1.165) is 0 Å². The van der Waals surface area contributed by atoms with Gasteiger partial charge in [-0.05, 0) is 32.4 Å². The van der Waals surface area contributed by atoms with Crippen LogP contribution in [0.5, 0.6) is 0 Å². The minimum absolute atomic E-state index is 0.153. The summed E-state index contributed by atoms with van der Waals surface area (Å²) in [5.41, 5.74) is -0.680. The highest BCUT2D eigenvalue weighted by Crippen LogP contribution is 2.08. The summed E-state index contributed by atoms with van der Waals surface area (Å²) in [4.78, 5) is 23.6. The Labute approximate surface area is 112 Å². The van der Waals surface area contributed by atoms with E-state index in [0.29, 0.717) is 6.42 Å². The summed E-state index contributed by atoms with van der Waals surface area (Å²) in [5, 5.41) is 14.5. The zero-order valence-corrected chi connectivity index (χ0v) is 11.4. The topological polar surface area (TPSA) is 91.6 Å². The van der Waals surface area contributed by atoms with Crippen molar-refractivity contribution in [1.29, 1.82) is 0 Å². The highest BCUT2D eigenvalue weighted by molar-refractivity contribution is 5.95. The summed E-state index contributed by atoms with van der Waals surface area (Å²) in [6, 6.07) is 2.40. The smallest absolute Gasteiger partial charge is 0.287 e. The average molecular weight is 268 g/mol. The first-order chi connectivity index (χ1) is 8.91. The fraction of sp³-hybridized carbons (Fsp3) is 0.538. The van der Waals surface area contributed by atoms with Crippen LogP contribution >= 0.6 is 0 Å². The summed E-state index contributed by atoms with van der Waals surface area (Å²) >= 11 is 0. The molecule has 2 amide bonds. The molecule has 0 spiro atoms. The lowest BCUT2D eigenvalue weighted by Crippen LogP contribution is -2.54. The van der Waals surface area contributed by atoms with Gasteiger partial charge in [0.2, 0.25) is 5.91 Å². The Hall–Kier alpha value is -1.82. The Morgan fingerprint density at radius 1 is 1.53 bits per heavy atom. The highest BCUT2D eigenvalue weighted by Gasteiger charge is 2.26. The van der Waals surface area contributed by atoms with Crippen molar-refractivity contribution in [2.24, 2.45) is 0 Å². The number of hydrogen-bond acceptors (Lipinski definition) is 4. The molecule has 3 N–H and O–H groups in total. The Kier molecular flexibility index (Phi) is 5.11. The van der Waals surface area contributed by atoms with E-state index >= 15 is 0 Å². The molecule has 2 atom stereocenters. The van der Waals surface area contributed by atoms with Crippen molar-refractivity contribution in [3.63, 3.8) is 0 Å². The van der Waals surface area contributed by atoms with Crippen LogP contribution in [0.2, 0.25) is 0 Å². The molecule has 0 aliphatic heterocycles. The van der Waals surface area contributed by atoms with Crippen molar-refractivity contribution in [2.75, 3.05) is 6.61 Å². The minimum atomic E-state index is -0.713. The molecule has 0 fully saturated rings. The van der Waals surface area contributed by atoms with Crippen LogP contribution in [0.3, 0.4) is 0 Å². The van der Waals surface area contributed by atoms with Crippen LogP contribution in [0.25, 0.3) is 0 Å². The third-order valence-electron chi connectivity index (χ3n) is 3.04. The van der Waals surface area contributed by atoms with E-state index in [9.17, 15) is 14.7 Å². The summed E-state index contributed by atoms with van der Waals surface area (Å²) in [7, 11) is 0. The number of rotatable bonds is 6. The van der Waals surface area contributed by atoms with Crippen LogP contribution in [0.4, 0.5) is 0 Å². The molecule has 6 nitrogen and oxygen atoms in total. The largest absolute Gasteiger partial charge is 0.459 e. The van der Waals surface area contributed by atoms with Gasteiger partial charge in [-0.25, -0.2) is 0 Å². The maximum absolute atomic E-state index is 11.9. The number of nitrogens with one attached hydrogen (secondary N) is 2. The Morgan fingerprint density at radius 3 is 2.68 bits per heavy atom. The molecule has 0 aliphatic carbocycles. The average Bonchev–Trinajstić information content (AvgIpc) is 2.92. The van der Waals surface area contributed by atoms with E-state index in [1.165, 1.54) is 12.3 Å². The van der Waals surface area contributed by atoms with Gasteiger partial charge in [0, 0.05) is 0 Å². The zero-order chi connectivity index (χ0) is 14.5. The molecule has 6 heteroatoms. The van der Waals surface area contributed by atoms with Crippen LogP contribution in [0.15, 0.2) is 22.8 Å². The van der Waals surface area contributed by atoms with Crippen LogP contribution in [0.1, 0.15) is 37.7 Å². The van der Waals surface area contributed by atoms with Crippen molar-refractivity contribution in [3.8, 4) is 0 Å². The molecule has 2 unspecified atom stereocenters. The normalized spacial score (nSPS) is 15.4. The maximum Gasteiger partial charge on any atom is 0.287 e. The lowest BCUT2D eigenvalue weighted by atomic mass is 10.00. The molecule has 0 saturated carbocycles. The van der Waals surface area contributed by atoms with Gasteiger partial charge in [0.15, 0.2) is 5.76 Å². The van der Waals surface area contributed by atoms with E-state index in [1.54, 1.807) is 19.9 Å². The number of hydrogen-bond donors (Lipinski definition) is 3. The first-order valence-corrected chi connectivity index (χ1v) is 6.19. The standard InChI is InChI=1S/C13H20N2O4/c1-4-13(3,8-16)15-11(17)9(2)14-12(18)10-6-5-7-19-10/h5-7,9,16H,4,8H2,1-3H3,(H,14,18)(H,15,17). The number of furan rings is 1. The Bertz CT molecular complexity index is 424. The monoisotopic (exact) mass is 268 g/mol. The molecule has 0 bridgehead atoms. The molecule has 106 valence electrons. The molecule has 1 aromatic rings. The summed E-state index contributed by atoms with van der Waals surface area (Å²) in [6.07, 6.45) is 1.98. The van der Waals surface area contributed by atoms with E-state index in [4.69, 9.17) is 4.42 Å². The first-order valence-electron chi connectivity index (χ1n) is 6.19. The van der Waals surface area contributed by atoms with Gasteiger partial charge in [0.05, 0.1) is 18.4 Å². The summed E-state index contributed by atoms with van der Waals surface area (Å²) in [6.45, 7) is 5.02. The molecule has 1 heterocycles. The second-order valence-electron chi connectivity index (χ2n) is 4.73. The van der Waals surface area contributed by atoms with Gasteiger partial charge in [0.25, 0.3) is 5.91 Å². The Balaban J connectivity index is 2.56. The van der Waals surface area contributed by atoms with Crippen molar-refractivity contribution in [1.82, 2.24) is 10.6 Å². The van der Waals surface area contributed by atoms with Crippen LogP contribution in [-0.4, -0.2) is 35.1 Å². The zero-order valence-electron chi connectivity index (χ0n) is 11.4. The minimum Gasteiger partial charge on any atom is -0.459 e. The summed E-state index contributed by atoms with van der Waals surface area (Å²) < 4.78 is 4.94. The number of aliphatic hydroxyl groups excluding tert-OH is 1. The van der Waals surface area contributed by atoms with Crippen LogP contribution in [-0.2, 0) is 4.79 Å². The van der Waals surface area contributed by atoms with E-state index < -0.39 is 17.5 Å². The van der Waals surface area contributed by atoms with E-state index in [-0.39, 0.29) is 18.3 Å². The predicted molar refractivity (Wildman–Crippen MR) is 69.6 cm³/mol. The number of aliphatic hydroxyl groups is 1. The van der Waals surface area contributed by atoms with Gasteiger partial charge in [-0.15, -0.1) is 0 Å². The first kappa shape index (κ1) is 15.2. The quantitative estimate of drug-likeness (QED) is 0.707. The third kappa shape index (κ3) is 4.10. The molecule has 0 radical (unpaired) electrons. The lowest BCUT2D eigenvalue weighted by Gasteiger charge is -2.28. The van der Waals surface area contributed by atoms with Gasteiger partial charge in [-0.2, -0.15) is 0 Å². The van der Waals surface area contributed by atoms with Gasteiger partial charge >= 0.3 is 0 Å². The van der Waals surface area contributed by atoms with Crippen LogP contribution < -0.4 is 10.6 Å². The van der Waals surface area contributed by atoms with Gasteiger partial charge < -0.3 is 20.2 Å². The van der Waals surface area contributed by atoms with E-state index in [1.807, 2.05) is 6.92 Å². The molecule has 1 rings (SSSR count). The number of carbonyl (C=O) groups is 2. The lowest BCUT2D eigenvalue weighted by molar-refractivity contribution is -0.125. The molecular formula is C13H20N2O4. The van der Waals surface area contributed by atoms with Gasteiger partial charge in [-0.1, -0.05) is 6.92 Å². The van der Waals surface area contributed by atoms with Crippen molar-refractivity contribution in [2.45, 2.75) is 38.8 Å². The van der Waals surface area contributed by atoms with Crippen LogP contribution in [0, 0.1) is 0 Å². The maximum atomic E-state index is 11.9. The fourth-order valence-corrected chi connectivity index (χ4v) is 1.39. The van der Waals surface area contributed by atoms with Gasteiger partial charge in [0.1, 0.15) is 6.04 Å². The SMILES string of the molecule is CCC(C)(CO)NC(=O)C(C)NC(=O)c1ccco1. The Morgan fingerprint density at radius 2 is 2.21 bits per heavy atom. The summed E-state index contributed by atoms with van der Waals surface area (Å²) in [5.74, 6) is -0.645. The van der Waals surface area contributed by atoms with Crippen molar-refractivity contribution >= 4 is 11.8 Å². The highest BCUT2D eigenvalue weighted by atomic mass is 16.3. The second kappa shape index (κ2) is 6.38. The molecule has 19 heavy (non-hydrogen) atoms. The third-order valence-corrected chi connectivity index (χ3v) is 3.04. The van der Waals surface area contributed by atoms with Crippen molar-refractivity contribution in [3.05, 3.63) is 24.2 Å². The molecular weight excluding hydrogens is 248 g/mol. The van der Waals surface area contributed by atoms with E-state index in [2.05, 4.69) is 10.6 Å². The molecule has 0 aliphatic rings. The molecule has 0 saturated heterocycles. The van der Waals surface area contributed by atoms with Gasteiger partial charge in [-0.3, -0.25) is 9.59 Å². The molecule has 1 aromatic heterocycles. The predicted octanol–water partition coefficient (Wildman–Crippen LogP) is 0.675. The van der Waals surface area contributed by atoms with Crippen molar-refractivity contribution < 1.29 is 19.1 Å². The molecule has 0 aromatic carbocycles. The number of amides is 2. The fourth-order valence-electron chi connectivity index (χ4n) is 1.39.